The van der Waals surface area contributed by atoms with Gasteiger partial charge in [0.1, 0.15) is 5.75 Å². The maximum atomic E-state index is 13.0. The summed E-state index contributed by atoms with van der Waals surface area (Å²) in [4.78, 5) is 39.7. The number of benzene rings is 2. The Labute approximate surface area is 177 Å². The Bertz CT molecular complexity index is 1020. The Morgan fingerprint density at radius 3 is 2.31 bits per heavy atom. The zero-order valence-corrected chi connectivity index (χ0v) is 16.8. The first kappa shape index (κ1) is 18.6. The van der Waals surface area contributed by atoms with E-state index in [-0.39, 0.29) is 40.0 Å². The van der Waals surface area contributed by atoms with Crippen LogP contribution in [-0.2, 0) is 9.59 Å². The number of hydrogen-bond acceptors (Lipinski definition) is 4. The molecule has 0 N–H and O–H groups in total. The van der Waals surface area contributed by atoms with E-state index in [0.29, 0.717) is 22.5 Å². The van der Waals surface area contributed by atoms with E-state index in [0.717, 1.165) is 19.3 Å². The van der Waals surface area contributed by atoms with E-state index in [1.807, 2.05) is 0 Å². The molecular formula is C22H17Cl2NO4. The Morgan fingerprint density at radius 1 is 0.966 bits per heavy atom. The molecule has 2 saturated carbocycles. The lowest BCUT2D eigenvalue weighted by atomic mass is 9.81. The lowest BCUT2D eigenvalue weighted by Crippen LogP contribution is -2.32. The van der Waals surface area contributed by atoms with Crippen LogP contribution < -0.4 is 9.64 Å². The standard InChI is InChI=1S/C22H17Cl2NO4/c23-13-6-7-16(17(24)9-13)22(28)29-15-3-1-2-14(10-15)25-20(26)18-11-4-5-12(8-11)19(18)21(25)27/h1-3,6-7,9-12,18-19H,4-5,8H2/t11-,12-,18-,19+/m1/s1. The molecule has 1 saturated heterocycles. The molecule has 4 atom stereocenters. The predicted molar refractivity (Wildman–Crippen MR) is 108 cm³/mol. The third-order valence-electron chi connectivity index (χ3n) is 6.36. The number of fused-ring (bicyclic) bond motifs is 5. The number of nitrogens with zero attached hydrogens (tertiary/aromatic N) is 1. The number of anilines is 1. The van der Waals surface area contributed by atoms with E-state index in [1.54, 1.807) is 30.3 Å². The largest absolute Gasteiger partial charge is 0.423 e. The van der Waals surface area contributed by atoms with Crippen LogP contribution in [-0.4, -0.2) is 17.8 Å². The van der Waals surface area contributed by atoms with Crippen LogP contribution in [0.3, 0.4) is 0 Å². The Hall–Kier alpha value is -2.37. The Balaban J connectivity index is 1.40. The minimum Gasteiger partial charge on any atom is -0.423 e. The van der Waals surface area contributed by atoms with Crippen LogP contribution >= 0.6 is 23.2 Å². The molecule has 2 bridgehead atoms. The van der Waals surface area contributed by atoms with Gasteiger partial charge in [-0.25, -0.2) is 9.69 Å². The number of carbonyl (C=O) groups excluding carboxylic acids is 3. The van der Waals surface area contributed by atoms with E-state index in [9.17, 15) is 14.4 Å². The molecule has 2 aromatic carbocycles. The first-order valence-electron chi connectivity index (χ1n) is 9.59. The monoisotopic (exact) mass is 429 g/mol. The number of amides is 2. The van der Waals surface area contributed by atoms with Crippen LogP contribution in [0.5, 0.6) is 5.75 Å². The third-order valence-corrected chi connectivity index (χ3v) is 6.91. The van der Waals surface area contributed by atoms with Gasteiger partial charge in [-0.2, -0.15) is 0 Å². The highest BCUT2D eigenvalue weighted by Crippen LogP contribution is 2.56. The average molecular weight is 430 g/mol. The molecule has 0 unspecified atom stereocenters. The molecule has 29 heavy (non-hydrogen) atoms. The van der Waals surface area contributed by atoms with Crippen molar-refractivity contribution in [2.75, 3.05) is 4.90 Å². The fraction of sp³-hybridized carbons (Fsp3) is 0.318. The van der Waals surface area contributed by atoms with Crippen molar-refractivity contribution < 1.29 is 19.1 Å². The molecule has 0 radical (unpaired) electrons. The van der Waals surface area contributed by atoms with Gasteiger partial charge in [0, 0.05) is 11.1 Å². The number of ether oxygens (including phenoxy) is 1. The topological polar surface area (TPSA) is 63.7 Å². The molecule has 3 fully saturated rings. The number of imide groups is 1. The molecule has 0 spiro atoms. The van der Waals surface area contributed by atoms with Gasteiger partial charge < -0.3 is 4.74 Å². The van der Waals surface area contributed by atoms with Gasteiger partial charge in [0.15, 0.2) is 0 Å². The molecule has 2 aromatic rings. The fourth-order valence-corrected chi connectivity index (χ4v) is 5.65. The zero-order valence-electron chi connectivity index (χ0n) is 15.3. The van der Waals surface area contributed by atoms with Gasteiger partial charge in [0.05, 0.1) is 28.1 Å². The van der Waals surface area contributed by atoms with E-state index in [2.05, 4.69) is 0 Å². The normalized spacial score (nSPS) is 27.4. The summed E-state index contributed by atoms with van der Waals surface area (Å²) >= 11 is 11.9. The molecule has 3 aliphatic rings. The summed E-state index contributed by atoms with van der Waals surface area (Å²) in [7, 11) is 0. The summed E-state index contributed by atoms with van der Waals surface area (Å²) < 4.78 is 5.42. The average Bonchev–Trinajstić information content (AvgIpc) is 3.35. The zero-order chi connectivity index (χ0) is 20.3. The SMILES string of the molecule is O=C(Oc1cccc(N2C(=O)[C@@H]3[C@@H]4CC[C@H](C4)[C@@H]3C2=O)c1)c1ccc(Cl)cc1Cl. The smallest absolute Gasteiger partial charge is 0.345 e. The van der Waals surface area contributed by atoms with Gasteiger partial charge in [-0.05, 0) is 61.4 Å². The molecule has 1 aliphatic heterocycles. The minimum absolute atomic E-state index is 0.128. The third kappa shape index (κ3) is 2.95. The Morgan fingerprint density at radius 2 is 1.66 bits per heavy atom. The lowest BCUT2D eigenvalue weighted by Gasteiger charge is -2.19. The first-order valence-corrected chi connectivity index (χ1v) is 10.3. The number of rotatable bonds is 3. The van der Waals surface area contributed by atoms with Crippen LogP contribution in [0.4, 0.5) is 5.69 Å². The Kier molecular flexibility index (Phi) is 4.41. The van der Waals surface area contributed by atoms with Crippen LogP contribution in [0.1, 0.15) is 29.6 Å². The molecule has 0 aromatic heterocycles. The quantitative estimate of drug-likeness (QED) is 0.401. The van der Waals surface area contributed by atoms with Gasteiger partial charge in [-0.15, -0.1) is 0 Å². The maximum absolute atomic E-state index is 13.0. The highest BCUT2D eigenvalue weighted by atomic mass is 35.5. The fourth-order valence-electron chi connectivity index (χ4n) is 5.17. The van der Waals surface area contributed by atoms with Crippen molar-refractivity contribution in [1.82, 2.24) is 0 Å². The lowest BCUT2D eigenvalue weighted by molar-refractivity contribution is -0.123. The van der Waals surface area contributed by atoms with Crippen molar-refractivity contribution >= 4 is 46.7 Å². The van der Waals surface area contributed by atoms with Crippen LogP contribution in [0.25, 0.3) is 0 Å². The molecule has 2 amide bonds. The first-order chi connectivity index (χ1) is 13.9. The summed E-state index contributed by atoms with van der Waals surface area (Å²) in [5.74, 6) is -0.413. The second kappa shape index (κ2) is 6.85. The van der Waals surface area contributed by atoms with Crippen molar-refractivity contribution in [3.05, 3.63) is 58.1 Å². The van der Waals surface area contributed by atoms with E-state index in [4.69, 9.17) is 27.9 Å². The van der Waals surface area contributed by atoms with Crippen molar-refractivity contribution in [2.24, 2.45) is 23.7 Å². The van der Waals surface area contributed by atoms with Crippen LogP contribution in [0, 0.1) is 23.7 Å². The summed E-state index contributed by atoms with van der Waals surface area (Å²) in [6.45, 7) is 0. The van der Waals surface area contributed by atoms with E-state index < -0.39 is 5.97 Å². The predicted octanol–water partition coefficient (Wildman–Crippen LogP) is 4.75. The summed E-state index contributed by atoms with van der Waals surface area (Å²) in [5, 5.41) is 0.603. The second-order valence-corrected chi connectivity index (χ2v) is 8.75. The maximum Gasteiger partial charge on any atom is 0.345 e. The highest BCUT2D eigenvalue weighted by molar-refractivity contribution is 6.36. The summed E-state index contributed by atoms with van der Waals surface area (Å²) in [6.07, 6.45) is 3.04. The number of carbonyl (C=O) groups is 3. The molecular weight excluding hydrogens is 413 g/mol. The summed E-state index contributed by atoms with van der Waals surface area (Å²) in [5.41, 5.74) is 0.613. The molecule has 1 heterocycles. The summed E-state index contributed by atoms with van der Waals surface area (Å²) in [6, 6.07) is 11.0. The molecule has 5 rings (SSSR count). The molecule has 2 aliphatic carbocycles. The van der Waals surface area contributed by atoms with Crippen molar-refractivity contribution in [2.45, 2.75) is 19.3 Å². The van der Waals surface area contributed by atoms with Crippen molar-refractivity contribution in [1.29, 1.82) is 0 Å². The van der Waals surface area contributed by atoms with Gasteiger partial charge in [-0.1, -0.05) is 29.3 Å². The highest BCUT2D eigenvalue weighted by Gasteiger charge is 2.61. The van der Waals surface area contributed by atoms with Crippen molar-refractivity contribution in [3.63, 3.8) is 0 Å². The minimum atomic E-state index is -0.641. The van der Waals surface area contributed by atoms with Crippen molar-refractivity contribution in [3.8, 4) is 5.75 Å². The number of halogens is 2. The van der Waals surface area contributed by atoms with Gasteiger partial charge in [-0.3, -0.25) is 9.59 Å². The number of hydrogen-bond donors (Lipinski definition) is 0. The van der Waals surface area contributed by atoms with E-state index in [1.165, 1.54) is 17.0 Å². The molecule has 7 heteroatoms. The second-order valence-electron chi connectivity index (χ2n) is 7.91. The van der Waals surface area contributed by atoms with Gasteiger partial charge in [0.25, 0.3) is 0 Å². The molecule has 5 nitrogen and oxygen atoms in total. The van der Waals surface area contributed by atoms with Crippen LogP contribution in [0.2, 0.25) is 10.0 Å². The molecule has 148 valence electrons. The van der Waals surface area contributed by atoms with E-state index >= 15 is 0 Å². The number of esters is 1. The van der Waals surface area contributed by atoms with Gasteiger partial charge in [0.2, 0.25) is 11.8 Å². The van der Waals surface area contributed by atoms with Gasteiger partial charge >= 0.3 is 5.97 Å². The van der Waals surface area contributed by atoms with Crippen LogP contribution in [0.15, 0.2) is 42.5 Å².